The van der Waals surface area contributed by atoms with Gasteiger partial charge in [-0.1, -0.05) is 12.1 Å². The number of piperidine rings is 1. The summed E-state index contributed by atoms with van der Waals surface area (Å²) in [4.78, 5) is 23.0. The van der Waals surface area contributed by atoms with Gasteiger partial charge in [0, 0.05) is 30.0 Å². The van der Waals surface area contributed by atoms with Crippen molar-refractivity contribution >= 4 is 28.3 Å². The fourth-order valence-electron chi connectivity index (χ4n) is 3.71. The number of carbonyl (C=O) groups is 1. The molecular weight excluding hydrogens is 358 g/mol. The Hall–Kier alpha value is -2.93. The number of hydrogen-bond acceptors (Lipinski definition) is 4. The Morgan fingerprint density at radius 1 is 1.26 bits per heavy atom. The largest absolute Gasteiger partial charge is 0.342 e. The number of nitrogens with one attached hydrogen (secondary N) is 2. The molecule has 5 rings (SSSR count). The maximum Gasteiger partial charge on any atom is 0.271 e. The minimum absolute atomic E-state index is 0.00444. The molecule has 4 heterocycles. The molecule has 1 amide bonds. The summed E-state index contributed by atoms with van der Waals surface area (Å²) in [5, 5.41) is 11.2. The van der Waals surface area contributed by atoms with E-state index >= 15 is 0 Å². The van der Waals surface area contributed by atoms with Gasteiger partial charge in [-0.05, 0) is 42.5 Å². The molecule has 1 fully saturated rings. The van der Waals surface area contributed by atoms with Crippen molar-refractivity contribution in [2.45, 2.75) is 18.8 Å². The molecule has 1 saturated heterocycles. The lowest BCUT2D eigenvalue weighted by Gasteiger charge is -2.31. The zero-order valence-electron chi connectivity index (χ0n) is 14.7. The van der Waals surface area contributed by atoms with Crippen molar-refractivity contribution < 1.29 is 4.79 Å². The van der Waals surface area contributed by atoms with Gasteiger partial charge < -0.3 is 9.88 Å². The second kappa shape index (κ2) is 6.66. The Bertz CT molecular complexity index is 1050. The third kappa shape index (κ3) is 3.04. The molecule has 3 aromatic heterocycles. The van der Waals surface area contributed by atoms with Crippen LogP contribution in [0.3, 0.4) is 0 Å². The van der Waals surface area contributed by atoms with Crippen LogP contribution in [0, 0.1) is 0 Å². The van der Waals surface area contributed by atoms with E-state index in [1.165, 1.54) is 0 Å². The number of nitrogens with zero attached hydrogens (tertiary/aromatic N) is 3. The molecule has 136 valence electrons. The first-order valence-corrected chi connectivity index (χ1v) is 10.0. The third-order valence-corrected chi connectivity index (χ3v) is 5.81. The average Bonchev–Trinajstić information content (AvgIpc) is 3.47. The minimum atomic E-state index is 0.00444. The zero-order valence-corrected chi connectivity index (χ0v) is 15.5. The number of fused-ring (bicyclic) bond motifs is 1. The van der Waals surface area contributed by atoms with Crippen LogP contribution in [-0.2, 0) is 0 Å². The number of imidazole rings is 1. The average molecular weight is 377 g/mol. The Labute approximate surface area is 160 Å². The lowest BCUT2D eigenvalue weighted by atomic mass is 9.97. The zero-order chi connectivity index (χ0) is 18.2. The quantitative estimate of drug-likeness (QED) is 0.566. The second-order valence-corrected chi connectivity index (χ2v) is 7.69. The van der Waals surface area contributed by atoms with E-state index in [4.69, 9.17) is 4.98 Å². The lowest BCUT2D eigenvalue weighted by Crippen LogP contribution is -2.39. The molecule has 1 aromatic carbocycles. The maximum absolute atomic E-state index is 13.0. The fourth-order valence-corrected chi connectivity index (χ4v) is 4.36. The Balaban J connectivity index is 1.35. The van der Waals surface area contributed by atoms with Crippen molar-refractivity contribution in [3.63, 3.8) is 0 Å². The highest BCUT2D eigenvalue weighted by Crippen LogP contribution is 2.28. The van der Waals surface area contributed by atoms with E-state index in [1.54, 1.807) is 11.3 Å². The van der Waals surface area contributed by atoms with Crippen molar-refractivity contribution in [1.82, 2.24) is 25.1 Å². The van der Waals surface area contributed by atoms with Crippen LogP contribution in [0.1, 0.15) is 35.1 Å². The van der Waals surface area contributed by atoms with E-state index in [9.17, 15) is 4.79 Å². The highest BCUT2D eigenvalue weighted by atomic mass is 32.1. The van der Waals surface area contributed by atoms with Gasteiger partial charge in [0.2, 0.25) is 0 Å². The molecule has 0 radical (unpaired) electrons. The Morgan fingerprint density at radius 2 is 2.19 bits per heavy atom. The smallest absolute Gasteiger partial charge is 0.271 e. The molecule has 1 aliphatic heterocycles. The number of benzene rings is 1. The van der Waals surface area contributed by atoms with Crippen LogP contribution < -0.4 is 0 Å². The molecule has 4 aromatic rings. The molecule has 2 N–H and O–H groups in total. The van der Waals surface area contributed by atoms with Crippen LogP contribution in [0.4, 0.5) is 0 Å². The van der Waals surface area contributed by atoms with Gasteiger partial charge in [-0.2, -0.15) is 16.4 Å². The van der Waals surface area contributed by atoms with E-state index in [1.807, 2.05) is 52.1 Å². The van der Waals surface area contributed by atoms with Crippen molar-refractivity contribution in [2.24, 2.45) is 0 Å². The predicted molar refractivity (Wildman–Crippen MR) is 106 cm³/mol. The summed E-state index contributed by atoms with van der Waals surface area (Å²) in [6.45, 7) is 1.44. The van der Waals surface area contributed by atoms with E-state index in [2.05, 4.69) is 15.2 Å². The number of aromatic nitrogens is 4. The highest BCUT2D eigenvalue weighted by molar-refractivity contribution is 7.08. The van der Waals surface area contributed by atoms with E-state index in [0.29, 0.717) is 12.2 Å². The summed E-state index contributed by atoms with van der Waals surface area (Å²) in [6, 6.07) is 11.9. The topological polar surface area (TPSA) is 77.7 Å². The molecule has 0 saturated carbocycles. The van der Waals surface area contributed by atoms with Crippen LogP contribution >= 0.6 is 11.3 Å². The first-order chi connectivity index (χ1) is 13.3. The number of likely N-dealkylation sites (tertiary alicyclic amines) is 1. The van der Waals surface area contributed by atoms with Gasteiger partial charge in [0.15, 0.2) is 0 Å². The minimum Gasteiger partial charge on any atom is -0.342 e. The summed E-state index contributed by atoms with van der Waals surface area (Å²) >= 11 is 1.62. The summed E-state index contributed by atoms with van der Waals surface area (Å²) in [5.74, 6) is 1.21. The number of hydrogen-bond donors (Lipinski definition) is 2. The van der Waals surface area contributed by atoms with Gasteiger partial charge in [0.1, 0.15) is 11.5 Å². The molecule has 6 nitrogen and oxygen atoms in total. The van der Waals surface area contributed by atoms with Crippen LogP contribution in [0.25, 0.3) is 22.3 Å². The predicted octanol–water partition coefficient (Wildman–Crippen LogP) is 4.03. The van der Waals surface area contributed by atoms with Crippen LogP contribution in [-0.4, -0.2) is 44.1 Å². The summed E-state index contributed by atoms with van der Waals surface area (Å²) in [5.41, 5.74) is 4.41. The van der Waals surface area contributed by atoms with Gasteiger partial charge in [0.05, 0.1) is 16.7 Å². The van der Waals surface area contributed by atoms with Crippen LogP contribution in [0.2, 0.25) is 0 Å². The van der Waals surface area contributed by atoms with Crippen molar-refractivity contribution in [3.8, 4) is 11.3 Å². The molecule has 0 unspecified atom stereocenters. The number of amides is 1. The van der Waals surface area contributed by atoms with Gasteiger partial charge in [-0.25, -0.2) is 4.98 Å². The van der Waals surface area contributed by atoms with Gasteiger partial charge in [0.25, 0.3) is 5.91 Å². The monoisotopic (exact) mass is 377 g/mol. The first-order valence-electron chi connectivity index (χ1n) is 9.10. The number of H-pyrrole nitrogens is 2. The normalized spacial score (nSPS) is 17.5. The number of thiophene rings is 1. The molecular formula is C20H19N5OS. The molecule has 7 heteroatoms. The van der Waals surface area contributed by atoms with Crippen molar-refractivity contribution in [2.75, 3.05) is 13.1 Å². The SMILES string of the molecule is O=C(c1cc(-c2ccsc2)n[nH]1)N1CCC[C@H](c2nc3ccccc3[nH]2)C1. The number of para-hydroxylation sites is 2. The fraction of sp³-hybridized carbons (Fsp3) is 0.250. The summed E-state index contributed by atoms with van der Waals surface area (Å²) in [6.07, 6.45) is 2.01. The van der Waals surface area contributed by atoms with Crippen LogP contribution in [0.5, 0.6) is 0 Å². The van der Waals surface area contributed by atoms with E-state index in [-0.39, 0.29) is 11.8 Å². The molecule has 0 spiro atoms. The second-order valence-electron chi connectivity index (χ2n) is 6.91. The molecule has 27 heavy (non-hydrogen) atoms. The van der Waals surface area contributed by atoms with Gasteiger partial charge in [-0.3, -0.25) is 9.89 Å². The molecule has 0 bridgehead atoms. The molecule has 1 atom stereocenters. The molecule has 0 aliphatic carbocycles. The summed E-state index contributed by atoms with van der Waals surface area (Å²) in [7, 11) is 0. The Kier molecular flexibility index (Phi) is 4.01. The van der Waals surface area contributed by atoms with Gasteiger partial charge >= 0.3 is 0 Å². The van der Waals surface area contributed by atoms with Gasteiger partial charge in [-0.15, -0.1) is 0 Å². The number of aromatic amines is 2. The van der Waals surface area contributed by atoms with Crippen molar-refractivity contribution in [1.29, 1.82) is 0 Å². The standard InChI is InChI=1S/C20H19N5OS/c26-20(18-10-17(23-24-18)14-7-9-27-12-14)25-8-3-4-13(11-25)19-21-15-5-1-2-6-16(15)22-19/h1-2,5-7,9-10,12-13H,3-4,8,11H2,(H,21,22)(H,23,24)/t13-/m0/s1. The number of rotatable bonds is 3. The summed E-state index contributed by atoms with van der Waals surface area (Å²) < 4.78 is 0. The maximum atomic E-state index is 13.0. The lowest BCUT2D eigenvalue weighted by molar-refractivity contribution is 0.0699. The highest BCUT2D eigenvalue weighted by Gasteiger charge is 2.28. The molecule has 1 aliphatic rings. The van der Waals surface area contributed by atoms with Crippen LogP contribution in [0.15, 0.2) is 47.2 Å². The van der Waals surface area contributed by atoms with E-state index in [0.717, 1.165) is 47.5 Å². The third-order valence-electron chi connectivity index (χ3n) is 5.13. The number of carbonyl (C=O) groups excluding carboxylic acids is 1. The first kappa shape index (κ1) is 16.3. The van der Waals surface area contributed by atoms with E-state index < -0.39 is 0 Å². The van der Waals surface area contributed by atoms with Crippen molar-refractivity contribution in [3.05, 3.63) is 58.7 Å². The Morgan fingerprint density at radius 3 is 3.04 bits per heavy atom.